The topological polar surface area (TPSA) is 60.8 Å². The summed E-state index contributed by atoms with van der Waals surface area (Å²) in [5.41, 5.74) is 3.73. The molecule has 0 bridgehead atoms. The molecular weight excluding hydrogens is 346 g/mol. The quantitative estimate of drug-likeness (QED) is 0.311. The molecule has 26 heavy (non-hydrogen) atoms. The molecular formula is C21H35NO3S. The number of carboxylic acids is 1. The lowest BCUT2D eigenvalue weighted by Crippen LogP contribution is -2.43. The minimum atomic E-state index is -0.848. The maximum Gasteiger partial charge on any atom is 0.321 e. The Labute approximate surface area is 164 Å². The summed E-state index contributed by atoms with van der Waals surface area (Å²) < 4.78 is 0. The van der Waals surface area contributed by atoms with E-state index >= 15 is 0 Å². The number of thiol groups is 1. The fourth-order valence-corrected chi connectivity index (χ4v) is 3.04. The van der Waals surface area contributed by atoms with Gasteiger partial charge in [0, 0.05) is 18.8 Å². The van der Waals surface area contributed by atoms with Crippen LogP contribution in [0.3, 0.4) is 0 Å². The first-order valence-electron chi connectivity index (χ1n) is 9.12. The average Bonchev–Trinajstić information content (AvgIpc) is 2.55. The van der Waals surface area contributed by atoms with Gasteiger partial charge in [-0.1, -0.05) is 41.0 Å². The van der Waals surface area contributed by atoms with E-state index in [2.05, 4.69) is 38.3 Å². The average molecular weight is 382 g/mol. The van der Waals surface area contributed by atoms with Crippen molar-refractivity contribution in [3.63, 3.8) is 0 Å². The second kappa shape index (κ2) is 14.8. The fourth-order valence-electron chi connectivity index (χ4n) is 2.65. The number of carbonyl (C=O) groups is 1. The van der Waals surface area contributed by atoms with Gasteiger partial charge >= 0.3 is 5.97 Å². The van der Waals surface area contributed by atoms with E-state index in [1.54, 1.807) is 6.08 Å². The van der Waals surface area contributed by atoms with E-state index in [0.29, 0.717) is 13.1 Å². The van der Waals surface area contributed by atoms with Crippen LogP contribution in [0.25, 0.3) is 0 Å². The maximum absolute atomic E-state index is 11.4. The fraction of sp³-hybridized carbons (Fsp3) is 0.571. The Hall–Kier alpha value is -1.30. The minimum absolute atomic E-state index is 0.109. The van der Waals surface area contributed by atoms with Crippen molar-refractivity contribution in [3.05, 3.63) is 47.6 Å². The molecule has 0 aliphatic heterocycles. The minimum Gasteiger partial charge on any atom is -0.480 e. The van der Waals surface area contributed by atoms with E-state index in [4.69, 9.17) is 5.11 Å². The molecule has 0 aliphatic carbocycles. The largest absolute Gasteiger partial charge is 0.480 e. The summed E-state index contributed by atoms with van der Waals surface area (Å²) >= 11 is 4.17. The predicted molar refractivity (Wildman–Crippen MR) is 114 cm³/mol. The van der Waals surface area contributed by atoms with Gasteiger partial charge in [-0.25, -0.2) is 0 Å². The van der Waals surface area contributed by atoms with Crippen LogP contribution in [0.5, 0.6) is 0 Å². The summed E-state index contributed by atoms with van der Waals surface area (Å²) in [4.78, 5) is 13.2. The lowest BCUT2D eigenvalue weighted by atomic mass is 10.1. The Bertz CT molecular complexity index is 523. The zero-order chi connectivity index (χ0) is 19.9. The summed E-state index contributed by atoms with van der Waals surface area (Å²) in [6.45, 7) is 11.2. The van der Waals surface area contributed by atoms with E-state index in [-0.39, 0.29) is 12.4 Å². The Balaban J connectivity index is 4.50. The van der Waals surface area contributed by atoms with Gasteiger partial charge in [0.1, 0.15) is 6.04 Å². The molecule has 5 heteroatoms. The van der Waals surface area contributed by atoms with Gasteiger partial charge in [-0.3, -0.25) is 9.69 Å². The van der Waals surface area contributed by atoms with Crippen molar-refractivity contribution in [3.8, 4) is 0 Å². The van der Waals surface area contributed by atoms with Crippen molar-refractivity contribution in [2.75, 3.05) is 25.4 Å². The van der Waals surface area contributed by atoms with Crippen molar-refractivity contribution in [2.45, 2.75) is 52.5 Å². The lowest BCUT2D eigenvalue weighted by Gasteiger charge is -2.26. The molecule has 2 N–H and O–H groups in total. The van der Waals surface area contributed by atoms with Gasteiger partial charge in [0.25, 0.3) is 0 Å². The third-order valence-electron chi connectivity index (χ3n) is 4.22. The van der Waals surface area contributed by atoms with E-state index in [1.165, 1.54) is 11.1 Å². The Morgan fingerprint density at radius 2 is 1.62 bits per heavy atom. The highest BCUT2D eigenvalue weighted by Crippen LogP contribution is 2.13. The Morgan fingerprint density at radius 1 is 1.08 bits per heavy atom. The standard InChI is InChI=1S/C21H35NO3S/c1-5-13-22(20(16-26)21(24)25)15-19(4)11-7-9-17(2)8-6-10-18(3)12-14-23/h5,8,11-12,20,23,26H,1,6-7,9-10,13-16H2,2-4H3,(H,24,25)/t20-/m0/s1. The van der Waals surface area contributed by atoms with Gasteiger partial charge < -0.3 is 10.2 Å². The zero-order valence-corrected chi connectivity index (χ0v) is 17.3. The van der Waals surface area contributed by atoms with Crippen molar-refractivity contribution in [1.29, 1.82) is 0 Å². The highest BCUT2D eigenvalue weighted by Gasteiger charge is 2.23. The first-order valence-corrected chi connectivity index (χ1v) is 9.75. The summed E-state index contributed by atoms with van der Waals surface area (Å²) in [6, 6.07) is -0.600. The van der Waals surface area contributed by atoms with E-state index in [1.807, 2.05) is 24.8 Å². The normalized spacial score (nSPS) is 14.6. The van der Waals surface area contributed by atoms with Crippen molar-refractivity contribution in [2.24, 2.45) is 0 Å². The van der Waals surface area contributed by atoms with Crippen LogP contribution in [-0.2, 0) is 4.79 Å². The number of nitrogens with zero attached hydrogens (tertiary/aromatic N) is 1. The van der Waals surface area contributed by atoms with Crippen LogP contribution in [-0.4, -0.2) is 52.6 Å². The zero-order valence-electron chi connectivity index (χ0n) is 16.4. The second-order valence-electron chi connectivity index (χ2n) is 6.67. The number of aliphatic hydroxyl groups is 1. The van der Waals surface area contributed by atoms with Crippen LogP contribution >= 0.6 is 12.6 Å². The molecule has 0 aromatic carbocycles. The molecule has 0 radical (unpaired) electrons. The molecule has 0 aromatic heterocycles. The summed E-state index contributed by atoms with van der Waals surface area (Å²) in [7, 11) is 0. The smallest absolute Gasteiger partial charge is 0.321 e. The van der Waals surface area contributed by atoms with Crippen LogP contribution in [0.1, 0.15) is 46.5 Å². The van der Waals surface area contributed by atoms with Crippen LogP contribution in [0.4, 0.5) is 0 Å². The molecule has 0 fully saturated rings. The van der Waals surface area contributed by atoms with E-state index in [0.717, 1.165) is 31.3 Å². The molecule has 0 aliphatic rings. The Morgan fingerprint density at radius 3 is 2.08 bits per heavy atom. The van der Waals surface area contributed by atoms with Crippen molar-refractivity contribution in [1.82, 2.24) is 4.90 Å². The number of hydrogen-bond acceptors (Lipinski definition) is 4. The van der Waals surface area contributed by atoms with Gasteiger partial charge in [0.15, 0.2) is 0 Å². The van der Waals surface area contributed by atoms with Crippen LogP contribution in [0, 0.1) is 0 Å². The molecule has 0 saturated heterocycles. The van der Waals surface area contributed by atoms with Gasteiger partial charge in [0.05, 0.1) is 6.61 Å². The monoisotopic (exact) mass is 381 g/mol. The van der Waals surface area contributed by atoms with Crippen LogP contribution in [0.2, 0.25) is 0 Å². The summed E-state index contributed by atoms with van der Waals surface area (Å²) in [5.74, 6) is -0.568. The Kier molecular flexibility index (Phi) is 14.1. The first-order chi connectivity index (χ1) is 12.3. The third-order valence-corrected chi connectivity index (χ3v) is 4.56. The molecule has 0 rings (SSSR count). The van der Waals surface area contributed by atoms with Crippen LogP contribution in [0.15, 0.2) is 47.6 Å². The maximum atomic E-state index is 11.4. The van der Waals surface area contributed by atoms with Crippen molar-refractivity contribution < 1.29 is 15.0 Å². The molecule has 0 aromatic rings. The van der Waals surface area contributed by atoms with E-state index < -0.39 is 12.0 Å². The number of hydrogen-bond donors (Lipinski definition) is 3. The molecule has 0 unspecified atom stereocenters. The second-order valence-corrected chi connectivity index (χ2v) is 7.03. The van der Waals surface area contributed by atoms with E-state index in [9.17, 15) is 9.90 Å². The van der Waals surface area contributed by atoms with Gasteiger partial charge in [0.2, 0.25) is 0 Å². The number of rotatable bonds is 14. The molecule has 4 nitrogen and oxygen atoms in total. The molecule has 0 amide bonds. The number of aliphatic carboxylic acids is 1. The molecule has 0 spiro atoms. The van der Waals surface area contributed by atoms with Crippen molar-refractivity contribution >= 4 is 18.6 Å². The predicted octanol–water partition coefficient (Wildman–Crippen LogP) is 4.25. The highest BCUT2D eigenvalue weighted by molar-refractivity contribution is 7.80. The number of aliphatic hydroxyl groups excluding tert-OH is 1. The van der Waals surface area contributed by atoms with Gasteiger partial charge in [-0.2, -0.15) is 12.6 Å². The first kappa shape index (κ1) is 24.7. The lowest BCUT2D eigenvalue weighted by molar-refractivity contribution is -0.142. The molecule has 148 valence electrons. The van der Waals surface area contributed by atoms with Gasteiger partial charge in [-0.15, -0.1) is 6.58 Å². The van der Waals surface area contributed by atoms with Gasteiger partial charge in [-0.05, 0) is 46.5 Å². The molecule has 0 heterocycles. The molecule has 1 atom stereocenters. The number of allylic oxidation sites excluding steroid dienone is 4. The van der Waals surface area contributed by atoms with Crippen LogP contribution < -0.4 is 0 Å². The summed E-state index contributed by atoms with van der Waals surface area (Å²) in [6.07, 6.45) is 11.9. The highest BCUT2D eigenvalue weighted by atomic mass is 32.1. The number of carboxylic acid groups (broad SMARTS) is 1. The molecule has 0 saturated carbocycles. The third kappa shape index (κ3) is 11.3. The summed E-state index contributed by atoms with van der Waals surface area (Å²) in [5, 5.41) is 18.2. The SMILES string of the molecule is C=CCN(CC(C)=CCCC(C)=CCCC(C)=CCO)[C@@H](CS)C(=O)O.